The molecule has 2 unspecified atom stereocenters. The Hall–Kier alpha value is -3.64. The molecular weight excluding hydrogens is 533 g/mol. The van der Waals surface area contributed by atoms with E-state index in [4.69, 9.17) is 4.74 Å². The smallest absolute Gasteiger partial charge is 0.250 e. The SMILES string of the molecule is COc1cc(/C=C2\CCC3CN(S(C)(=O)=O)CC(c4cc(F)c(F)c(F)c4)N3C2=O)ccc1-n1cnc(C)c1. The van der Waals surface area contributed by atoms with Crippen molar-refractivity contribution < 1.29 is 31.1 Å². The number of ether oxygens (including phenoxy) is 1. The van der Waals surface area contributed by atoms with Crippen LogP contribution < -0.4 is 4.74 Å². The molecule has 12 heteroatoms. The van der Waals surface area contributed by atoms with Crippen LogP contribution in [0.4, 0.5) is 13.2 Å². The number of nitrogens with zero attached hydrogens (tertiary/aromatic N) is 4. The fraction of sp³-hybridized carbons (Fsp3) is 0.333. The van der Waals surface area contributed by atoms with Crippen molar-refractivity contribution in [1.29, 1.82) is 0 Å². The van der Waals surface area contributed by atoms with Gasteiger partial charge in [-0.25, -0.2) is 26.6 Å². The predicted octanol–water partition coefficient (Wildman–Crippen LogP) is 4.00. The molecule has 0 spiro atoms. The summed E-state index contributed by atoms with van der Waals surface area (Å²) >= 11 is 0. The van der Waals surface area contributed by atoms with Crippen LogP contribution in [0.25, 0.3) is 11.8 Å². The summed E-state index contributed by atoms with van der Waals surface area (Å²) in [5.41, 5.74) is 2.77. The lowest BCUT2D eigenvalue weighted by atomic mass is 9.89. The summed E-state index contributed by atoms with van der Waals surface area (Å²) < 4.78 is 75.4. The number of aryl methyl sites for hydroxylation is 1. The molecule has 2 aliphatic heterocycles. The van der Waals surface area contributed by atoms with Crippen molar-refractivity contribution in [1.82, 2.24) is 18.8 Å². The molecule has 8 nitrogen and oxygen atoms in total. The fourth-order valence-corrected chi connectivity index (χ4v) is 6.11. The number of amides is 1. The zero-order chi connectivity index (χ0) is 28.1. The van der Waals surface area contributed by atoms with Crippen LogP contribution in [-0.2, 0) is 14.8 Å². The molecule has 0 saturated carbocycles. The topological polar surface area (TPSA) is 84.7 Å². The molecule has 39 heavy (non-hydrogen) atoms. The van der Waals surface area contributed by atoms with Crippen LogP contribution in [0.15, 0.2) is 48.4 Å². The molecule has 0 radical (unpaired) electrons. The molecule has 0 N–H and O–H groups in total. The van der Waals surface area contributed by atoms with Gasteiger partial charge in [-0.2, -0.15) is 4.31 Å². The van der Waals surface area contributed by atoms with Crippen molar-refractivity contribution in [2.45, 2.75) is 31.8 Å². The molecule has 206 valence electrons. The van der Waals surface area contributed by atoms with Crippen molar-refractivity contribution in [3.05, 3.63) is 82.7 Å². The van der Waals surface area contributed by atoms with Gasteiger partial charge < -0.3 is 14.2 Å². The quantitative estimate of drug-likeness (QED) is 0.348. The van der Waals surface area contributed by atoms with Gasteiger partial charge >= 0.3 is 0 Å². The zero-order valence-corrected chi connectivity index (χ0v) is 22.4. The number of rotatable bonds is 5. The third kappa shape index (κ3) is 5.18. The van der Waals surface area contributed by atoms with E-state index in [-0.39, 0.29) is 24.6 Å². The van der Waals surface area contributed by atoms with Gasteiger partial charge in [-0.05, 0) is 61.2 Å². The maximum absolute atomic E-state index is 14.2. The second-order valence-corrected chi connectivity index (χ2v) is 11.8. The van der Waals surface area contributed by atoms with Crippen LogP contribution in [0.1, 0.15) is 35.7 Å². The lowest BCUT2D eigenvalue weighted by Crippen LogP contribution is -2.59. The first-order chi connectivity index (χ1) is 18.5. The number of halogens is 3. The molecule has 5 rings (SSSR count). The van der Waals surface area contributed by atoms with Gasteiger partial charge in [-0.1, -0.05) is 6.07 Å². The predicted molar refractivity (Wildman–Crippen MR) is 138 cm³/mol. The molecule has 0 bridgehead atoms. The molecule has 2 aliphatic rings. The molecule has 1 aromatic heterocycles. The van der Waals surface area contributed by atoms with Crippen LogP contribution in [0.5, 0.6) is 5.75 Å². The van der Waals surface area contributed by atoms with Gasteiger partial charge in [0.05, 0.1) is 37.1 Å². The minimum absolute atomic E-state index is 0.0130. The second kappa shape index (κ2) is 10.2. The summed E-state index contributed by atoms with van der Waals surface area (Å²) in [7, 11) is -2.12. The Kier molecular flexibility index (Phi) is 7.02. The minimum Gasteiger partial charge on any atom is -0.495 e. The summed E-state index contributed by atoms with van der Waals surface area (Å²) in [6.45, 7) is 1.74. The molecule has 3 aromatic rings. The number of carbonyl (C=O) groups excluding carboxylic acids is 1. The van der Waals surface area contributed by atoms with Gasteiger partial charge in [0, 0.05) is 30.9 Å². The number of carbonyl (C=O) groups is 1. The number of benzene rings is 2. The maximum Gasteiger partial charge on any atom is 0.250 e. The van der Waals surface area contributed by atoms with Crippen molar-refractivity contribution in [2.24, 2.45) is 0 Å². The Labute approximate surface area is 224 Å². The summed E-state index contributed by atoms with van der Waals surface area (Å²) in [6.07, 6.45) is 7.13. The summed E-state index contributed by atoms with van der Waals surface area (Å²) in [5.74, 6) is -4.24. The van der Waals surface area contributed by atoms with Crippen molar-refractivity contribution in [2.75, 3.05) is 26.5 Å². The van der Waals surface area contributed by atoms with E-state index >= 15 is 0 Å². The van der Waals surface area contributed by atoms with Gasteiger partial charge in [0.1, 0.15) is 5.75 Å². The number of piperidine rings is 1. The van der Waals surface area contributed by atoms with E-state index in [1.54, 1.807) is 25.6 Å². The third-order valence-corrected chi connectivity index (χ3v) is 8.41. The second-order valence-electron chi connectivity index (χ2n) is 9.82. The third-order valence-electron chi connectivity index (χ3n) is 7.17. The van der Waals surface area contributed by atoms with Gasteiger partial charge in [0.25, 0.3) is 5.91 Å². The van der Waals surface area contributed by atoms with Gasteiger partial charge in [-0.15, -0.1) is 0 Å². The summed E-state index contributed by atoms with van der Waals surface area (Å²) in [4.78, 5) is 19.5. The average Bonchev–Trinajstić information content (AvgIpc) is 3.33. The number of imidazole rings is 1. The highest BCUT2D eigenvalue weighted by Gasteiger charge is 2.44. The number of aromatic nitrogens is 2. The molecule has 2 atom stereocenters. The Bertz CT molecular complexity index is 1560. The van der Waals surface area contributed by atoms with Crippen LogP contribution in [0.3, 0.4) is 0 Å². The normalized spacial score (nSPS) is 21.3. The number of hydrogen-bond donors (Lipinski definition) is 0. The number of fused-ring (bicyclic) bond motifs is 1. The van der Waals surface area contributed by atoms with Gasteiger partial charge in [0.15, 0.2) is 17.5 Å². The first-order valence-electron chi connectivity index (χ1n) is 12.3. The lowest BCUT2D eigenvalue weighted by Gasteiger charge is -2.48. The maximum atomic E-state index is 14.2. The molecule has 3 heterocycles. The number of methoxy groups -OCH3 is 1. The van der Waals surface area contributed by atoms with Crippen LogP contribution >= 0.6 is 0 Å². The van der Waals surface area contributed by atoms with E-state index in [1.165, 1.54) is 9.21 Å². The standard InChI is InChI=1S/C27H27F3N4O4S/c1-16-12-32(15-31-16)23-7-4-17(9-25(23)38-2)8-18-5-6-20-13-33(39(3,36)37)14-24(34(20)27(18)35)19-10-21(28)26(30)22(29)11-19/h4,7-12,15,20,24H,5-6,13-14H2,1-3H3/b18-8+. The Morgan fingerprint density at radius 3 is 2.44 bits per heavy atom. The fourth-order valence-electron chi connectivity index (χ4n) is 5.26. The molecule has 1 amide bonds. The van der Waals surface area contributed by atoms with Crippen molar-refractivity contribution in [3.63, 3.8) is 0 Å². The van der Waals surface area contributed by atoms with E-state index in [2.05, 4.69) is 4.98 Å². The summed E-state index contributed by atoms with van der Waals surface area (Å²) in [5, 5.41) is 0. The molecule has 2 aromatic carbocycles. The first-order valence-corrected chi connectivity index (χ1v) is 14.1. The Morgan fingerprint density at radius 1 is 1.10 bits per heavy atom. The summed E-state index contributed by atoms with van der Waals surface area (Å²) in [6, 6.07) is 5.60. The van der Waals surface area contributed by atoms with Crippen molar-refractivity contribution in [3.8, 4) is 11.4 Å². The highest BCUT2D eigenvalue weighted by atomic mass is 32.2. The number of piperazine rings is 1. The van der Waals surface area contributed by atoms with Crippen LogP contribution in [0, 0.1) is 24.4 Å². The number of sulfonamides is 1. The molecule has 0 aliphatic carbocycles. The zero-order valence-electron chi connectivity index (χ0n) is 21.6. The lowest BCUT2D eigenvalue weighted by molar-refractivity contribution is -0.137. The monoisotopic (exact) mass is 560 g/mol. The van der Waals surface area contributed by atoms with Crippen molar-refractivity contribution >= 4 is 22.0 Å². The van der Waals surface area contributed by atoms with E-state index in [1.807, 2.05) is 29.8 Å². The van der Waals surface area contributed by atoms with E-state index in [9.17, 15) is 26.4 Å². The van der Waals surface area contributed by atoms with Crippen LogP contribution in [-0.4, -0.2) is 65.6 Å². The Morgan fingerprint density at radius 2 is 1.82 bits per heavy atom. The average molecular weight is 561 g/mol. The minimum atomic E-state index is -3.66. The van der Waals surface area contributed by atoms with Gasteiger partial charge in [0.2, 0.25) is 10.0 Å². The van der Waals surface area contributed by atoms with Gasteiger partial charge in [-0.3, -0.25) is 4.79 Å². The molecule has 2 fully saturated rings. The number of hydrogen-bond acceptors (Lipinski definition) is 5. The van der Waals surface area contributed by atoms with Crippen LogP contribution in [0.2, 0.25) is 0 Å². The molecular formula is C27H27F3N4O4S. The van der Waals surface area contributed by atoms with E-state index < -0.39 is 39.6 Å². The molecule has 2 saturated heterocycles. The largest absolute Gasteiger partial charge is 0.495 e. The van der Waals surface area contributed by atoms with E-state index in [0.29, 0.717) is 29.7 Å². The Balaban J connectivity index is 1.51. The highest BCUT2D eigenvalue weighted by molar-refractivity contribution is 7.88. The first kappa shape index (κ1) is 26.9. The van der Waals surface area contributed by atoms with E-state index in [0.717, 1.165) is 29.8 Å². The highest BCUT2D eigenvalue weighted by Crippen LogP contribution is 2.38.